The molecule has 0 spiro atoms. The summed E-state index contributed by atoms with van der Waals surface area (Å²) in [6, 6.07) is 20.1. The summed E-state index contributed by atoms with van der Waals surface area (Å²) in [5.41, 5.74) is 4.99. The molecule has 1 N–H and O–H groups in total. The summed E-state index contributed by atoms with van der Waals surface area (Å²) in [5, 5.41) is 12.2. The fourth-order valence-electron chi connectivity index (χ4n) is 3.55. The summed E-state index contributed by atoms with van der Waals surface area (Å²) in [5.74, 6) is 1.52. The van der Waals surface area contributed by atoms with Crippen LogP contribution in [-0.4, -0.2) is 36.1 Å². The molecule has 2 aromatic carbocycles. The molecule has 6 heteroatoms. The van der Waals surface area contributed by atoms with E-state index in [1.807, 2.05) is 25.1 Å². The first kappa shape index (κ1) is 18.8. The number of piperazine rings is 1. The molecule has 1 aliphatic rings. The van der Waals surface area contributed by atoms with Gasteiger partial charge in [0.05, 0.1) is 11.6 Å². The molecule has 0 saturated carbocycles. The summed E-state index contributed by atoms with van der Waals surface area (Å²) >= 11 is 0. The zero-order chi connectivity index (χ0) is 20.2. The summed E-state index contributed by atoms with van der Waals surface area (Å²) in [7, 11) is 0. The second-order valence-electron chi connectivity index (χ2n) is 7.32. The zero-order valence-electron chi connectivity index (χ0n) is 16.8. The van der Waals surface area contributed by atoms with Gasteiger partial charge < -0.3 is 15.1 Å². The van der Waals surface area contributed by atoms with E-state index in [2.05, 4.69) is 57.4 Å². The van der Waals surface area contributed by atoms with Gasteiger partial charge in [-0.15, -0.1) is 0 Å². The average Bonchev–Trinajstić information content (AvgIpc) is 2.74. The third kappa shape index (κ3) is 4.46. The van der Waals surface area contributed by atoms with E-state index >= 15 is 0 Å². The van der Waals surface area contributed by atoms with E-state index in [0.717, 1.165) is 43.4 Å². The standard InChI is InChI=1S/C23H24N6/c1-17-4-3-5-21(14-17)28-10-12-29(13-11-28)22-15-18(2)25-23(27-22)26-20-8-6-19(16-24)7-9-20/h3-9,14-15H,10-13H2,1-2H3,(H,25,26,27). The number of aryl methyl sites for hydroxylation is 2. The lowest BCUT2D eigenvalue weighted by atomic mass is 10.2. The van der Waals surface area contributed by atoms with Gasteiger partial charge in [0, 0.05) is 49.3 Å². The molecule has 0 bridgehead atoms. The van der Waals surface area contributed by atoms with Crippen LogP contribution in [0.2, 0.25) is 0 Å². The van der Waals surface area contributed by atoms with Gasteiger partial charge in [0.15, 0.2) is 0 Å². The fourth-order valence-corrected chi connectivity index (χ4v) is 3.55. The third-order valence-electron chi connectivity index (χ3n) is 5.08. The second kappa shape index (κ2) is 8.19. The molecule has 0 aliphatic carbocycles. The molecular weight excluding hydrogens is 360 g/mol. The van der Waals surface area contributed by atoms with E-state index < -0.39 is 0 Å². The summed E-state index contributed by atoms with van der Waals surface area (Å²) in [6.07, 6.45) is 0. The van der Waals surface area contributed by atoms with Gasteiger partial charge in [-0.05, 0) is 55.8 Å². The zero-order valence-corrected chi connectivity index (χ0v) is 16.8. The van der Waals surface area contributed by atoms with Gasteiger partial charge >= 0.3 is 0 Å². The number of hydrogen-bond donors (Lipinski definition) is 1. The van der Waals surface area contributed by atoms with Crippen molar-refractivity contribution in [3.63, 3.8) is 0 Å². The normalized spacial score (nSPS) is 13.8. The van der Waals surface area contributed by atoms with Crippen molar-refractivity contribution in [2.45, 2.75) is 13.8 Å². The van der Waals surface area contributed by atoms with Crippen molar-refractivity contribution in [3.05, 3.63) is 71.4 Å². The molecule has 1 fully saturated rings. The molecular formula is C23H24N6. The molecule has 0 amide bonds. The molecule has 3 aromatic rings. The van der Waals surface area contributed by atoms with E-state index in [1.165, 1.54) is 11.3 Å². The van der Waals surface area contributed by atoms with Crippen LogP contribution >= 0.6 is 0 Å². The molecule has 29 heavy (non-hydrogen) atoms. The van der Waals surface area contributed by atoms with Gasteiger partial charge in [0.25, 0.3) is 0 Å². The first-order chi connectivity index (χ1) is 14.1. The van der Waals surface area contributed by atoms with Crippen LogP contribution in [0.4, 0.5) is 23.1 Å². The van der Waals surface area contributed by atoms with Crippen LogP contribution < -0.4 is 15.1 Å². The molecule has 6 nitrogen and oxygen atoms in total. The summed E-state index contributed by atoms with van der Waals surface area (Å²) in [6.45, 7) is 7.88. The lowest BCUT2D eigenvalue weighted by Crippen LogP contribution is -2.47. The van der Waals surface area contributed by atoms with Crippen LogP contribution in [0.3, 0.4) is 0 Å². The Balaban J connectivity index is 1.46. The first-order valence-electron chi connectivity index (χ1n) is 9.80. The van der Waals surface area contributed by atoms with Crippen LogP contribution in [-0.2, 0) is 0 Å². The lowest BCUT2D eigenvalue weighted by Gasteiger charge is -2.37. The van der Waals surface area contributed by atoms with Crippen LogP contribution in [0.25, 0.3) is 0 Å². The van der Waals surface area contributed by atoms with Crippen molar-refractivity contribution in [2.24, 2.45) is 0 Å². The lowest BCUT2D eigenvalue weighted by molar-refractivity contribution is 0.646. The number of nitrogens with one attached hydrogen (secondary N) is 1. The highest BCUT2D eigenvalue weighted by atomic mass is 15.3. The fraction of sp³-hybridized carbons (Fsp3) is 0.261. The van der Waals surface area contributed by atoms with Crippen molar-refractivity contribution >= 4 is 23.1 Å². The second-order valence-corrected chi connectivity index (χ2v) is 7.32. The average molecular weight is 384 g/mol. The molecule has 146 valence electrons. The Hall–Kier alpha value is -3.59. The molecule has 2 heterocycles. The van der Waals surface area contributed by atoms with Crippen LogP contribution in [0.5, 0.6) is 0 Å². The van der Waals surface area contributed by atoms with Crippen molar-refractivity contribution in [1.82, 2.24) is 9.97 Å². The SMILES string of the molecule is Cc1cccc(N2CCN(c3cc(C)nc(Nc4ccc(C#N)cc4)n3)CC2)c1. The van der Waals surface area contributed by atoms with E-state index in [0.29, 0.717) is 11.5 Å². The predicted molar refractivity (Wildman–Crippen MR) is 117 cm³/mol. The number of nitrogens with zero attached hydrogens (tertiary/aromatic N) is 5. The van der Waals surface area contributed by atoms with Crippen LogP contribution in [0.1, 0.15) is 16.8 Å². The van der Waals surface area contributed by atoms with E-state index in [-0.39, 0.29) is 0 Å². The van der Waals surface area contributed by atoms with Gasteiger partial charge in [-0.25, -0.2) is 4.98 Å². The maximum Gasteiger partial charge on any atom is 0.229 e. The van der Waals surface area contributed by atoms with Crippen LogP contribution in [0, 0.1) is 25.2 Å². The Bertz CT molecular complexity index is 1030. The number of anilines is 4. The molecule has 1 aliphatic heterocycles. The van der Waals surface area contributed by atoms with Crippen LogP contribution in [0.15, 0.2) is 54.6 Å². The largest absolute Gasteiger partial charge is 0.368 e. The van der Waals surface area contributed by atoms with E-state index in [4.69, 9.17) is 10.2 Å². The van der Waals surface area contributed by atoms with Crippen molar-refractivity contribution in [3.8, 4) is 6.07 Å². The van der Waals surface area contributed by atoms with Crippen molar-refractivity contribution in [2.75, 3.05) is 41.3 Å². The molecule has 1 aromatic heterocycles. The Labute approximate surface area is 171 Å². The number of aromatic nitrogens is 2. The number of rotatable bonds is 4. The Morgan fingerprint density at radius 1 is 0.897 bits per heavy atom. The minimum absolute atomic E-state index is 0.575. The molecule has 0 atom stereocenters. The van der Waals surface area contributed by atoms with Gasteiger partial charge in [0.1, 0.15) is 5.82 Å². The minimum atomic E-state index is 0.575. The maximum absolute atomic E-state index is 8.94. The summed E-state index contributed by atoms with van der Waals surface area (Å²) < 4.78 is 0. The van der Waals surface area contributed by atoms with Gasteiger partial charge in [-0.3, -0.25) is 0 Å². The monoisotopic (exact) mass is 384 g/mol. The van der Waals surface area contributed by atoms with E-state index in [1.54, 1.807) is 12.1 Å². The number of benzene rings is 2. The van der Waals surface area contributed by atoms with Gasteiger partial charge in [0.2, 0.25) is 5.95 Å². The quantitative estimate of drug-likeness (QED) is 0.732. The number of hydrogen-bond acceptors (Lipinski definition) is 6. The number of nitriles is 1. The van der Waals surface area contributed by atoms with Gasteiger partial charge in [-0.2, -0.15) is 10.2 Å². The third-order valence-corrected chi connectivity index (χ3v) is 5.08. The molecule has 0 radical (unpaired) electrons. The maximum atomic E-state index is 8.94. The van der Waals surface area contributed by atoms with Crippen molar-refractivity contribution in [1.29, 1.82) is 5.26 Å². The molecule has 4 rings (SSSR count). The smallest absolute Gasteiger partial charge is 0.229 e. The highest BCUT2D eigenvalue weighted by Crippen LogP contribution is 2.22. The van der Waals surface area contributed by atoms with Gasteiger partial charge in [-0.1, -0.05) is 12.1 Å². The topological polar surface area (TPSA) is 68.1 Å². The van der Waals surface area contributed by atoms with E-state index in [9.17, 15) is 0 Å². The predicted octanol–water partition coefficient (Wildman–Crippen LogP) is 4.04. The highest BCUT2D eigenvalue weighted by Gasteiger charge is 2.19. The molecule has 1 saturated heterocycles. The first-order valence-corrected chi connectivity index (χ1v) is 9.80. The Morgan fingerprint density at radius 2 is 1.62 bits per heavy atom. The Kier molecular flexibility index (Phi) is 5.30. The molecule has 0 unspecified atom stereocenters. The summed E-state index contributed by atoms with van der Waals surface area (Å²) in [4.78, 5) is 14.0. The minimum Gasteiger partial charge on any atom is -0.368 e. The highest BCUT2D eigenvalue weighted by molar-refractivity contribution is 5.57. The Morgan fingerprint density at radius 3 is 2.31 bits per heavy atom. The van der Waals surface area contributed by atoms with Crippen molar-refractivity contribution < 1.29 is 0 Å².